The number of hydrogen-bond acceptors (Lipinski definition) is 11. The van der Waals surface area contributed by atoms with Crippen LogP contribution in [-0.4, -0.2) is 89.2 Å². The van der Waals surface area contributed by atoms with Crippen LogP contribution >= 0.6 is 0 Å². The van der Waals surface area contributed by atoms with Crippen molar-refractivity contribution in [3.05, 3.63) is 85.1 Å². The first-order valence-electron chi connectivity index (χ1n) is 26.6. The average molecular weight is 969 g/mol. The highest BCUT2D eigenvalue weighted by molar-refractivity contribution is 5.74. The lowest BCUT2D eigenvalue weighted by Gasteiger charge is -2.40. The number of carboxylic acid groups (broad SMARTS) is 1. The molecule has 0 radical (unpaired) electrons. The van der Waals surface area contributed by atoms with E-state index in [9.17, 15) is 34.5 Å². The van der Waals surface area contributed by atoms with Crippen molar-refractivity contribution in [2.24, 2.45) is 0 Å². The molecule has 0 saturated carbocycles. The Bertz CT molecular complexity index is 1530. The van der Waals surface area contributed by atoms with E-state index in [0.717, 1.165) is 128 Å². The highest BCUT2D eigenvalue weighted by atomic mass is 16.7. The summed E-state index contributed by atoms with van der Waals surface area (Å²) in [7, 11) is 0. The zero-order valence-electron chi connectivity index (χ0n) is 42.8. The normalized spacial score (nSPS) is 19.3. The smallest absolute Gasteiger partial charge is 0.335 e. The van der Waals surface area contributed by atoms with Crippen molar-refractivity contribution in [1.29, 1.82) is 0 Å². The first kappa shape index (κ1) is 62.9. The zero-order valence-corrected chi connectivity index (χ0v) is 42.8. The molecule has 69 heavy (non-hydrogen) atoms. The second-order valence-corrected chi connectivity index (χ2v) is 17.7. The Hall–Kier alpha value is -4.10. The molecule has 1 rings (SSSR count). The maximum absolute atomic E-state index is 13.1. The van der Waals surface area contributed by atoms with Crippen molar-refractivity contribution in [2.75, 3.05) is 13.2 Å². The second-order valence-electron chi connectivity index (χ2n) is 17.7. The van der Waals surface area contributed by atoms with E-state index >= 15 is 0 Å². The molecule has 6 atom stereocenters. The molecule has 1 aliphatic heterocycles. The van der Waals surface area contributed by atoms with Crippen molar-refractivity contribution in [3.63, 3.8) is 0 Å². The van der Waals surface area contributed by atoms with Gasteiger partial charge >= 0.3 is 23.9 Å². The summed E-state index contributed by atoms with van der Waals surface area (Å²) in [5.74, 6) is -3.21. The van der Waals surface area contributed by atoms with E-state index in [1.807, 2.05) is 0 Å². The van der Waals surface area contributed by atoms with Gasteiger partial charge in [-0.15, -0.1) is 0 Å². The molecule has 1 aliphatic rings. The van der Waals surface area contributed by atoms with Crippen molar-refractivity contribution in [3.8, 4) is 0 Å². The Morgan fingerprint density at radius 3 is 1.42 bits per heavy atom. The van der Waals surface area contributed by atoms with Crippen LogP contribution in [0.1, 0.15) is 201 Å². The van der Waals surface area contributed by atoms with Crippen LogP contribution in [0, 0.1) is 0 Å². The van der Waals surface area contributed by atoms with Crippen molar-refractivity contribution >= 4 is 23.9 Å². The predicted molar refractivity (Wildman–Crippen MR) is 275 cm³/mol. The first-order valence-corrected chi connectivity index (χ1v) is 26.6. The number of aliphatic hydroxyl groups excluding tert-OH is 2. The second kappa shape index (κ2) is 45.1. The minimum absolute atomic E-state index is 0.0412. The number of carbonyl (C=O) groups excluding carboxylic acids is 3. The van der Waals surface area contributed by atoms with E-state index in [1.165, 1.54) is 12.8 Å². The van der Waals surface area contributed by atoms with Gasteiger partial charge in [-0.05, 0) is 103 Å². The monoisotopic (exact) mass is 969 g/mol. The SMILES string of the molecule is CC/C=C\C/C=C\C/C=C\CCCCCCCC(=O)OCC(COC1OC(C(=O)O)C(O)C(O)C1OC(=O)CCCCCCC/C=C\CCCC)OC(=O)CCCCC/C=C\C/C=C\C/C=C\CC. The summed E-state index contributed by atoms with van der Waals surface area (Å²) in [5.41, 5.74) is 0. The Morgan fingerprint density at radius 2 is 0.913 bits per heavy atom. The van der Waals surface area contributed by atoms with Crippen LogP contribution < -0.4 is 0 Å². The van der Waals surface area contributed by atoms with Gasteiger partial charge in [0, 0.05) is 19.3 Å². The van der Waals surface area contributed by atoms with Gasteiger partial charge < -0.3 is 39.0 Å². The topological polar surface area (TPSA) is 175 Å². The molecular formula is C57H92O12. The molecule has 1 saturated heterocycles. The molecule has 12 heteroatoms. The van der Waals surface area contributed by atoms with Gasteiger partial charge in [0.2, 0.25) is 0 Å². The fourth-order valence-electron chi connectivity index (χ4n) is 7.38. The fourth-order valence-corrected chi connectivity index (χ4v) is 7.38. The molecule has 6 unspecified atom stereocenters. The van der Waals surface area contributed by atoms with E-state index in [2.05, 4.69) is 106 Å². The molecule has 12 nitrogen and oxygen atoms in total. The Balaban J connectivity index is 2.76. The van der Waals surface area contributed by atoms with Crippen LogP contribution in [0.3, 0.4) is 0 Å². The Labute approximate surface area is 416 Å². The number of ether oxygens (including phenoxy) is 5. The van der Waals surface area contributed by atoms with Gasteiger partial charge in [-0.2, -0.15) is 0 Å². The average Bonchev–Trinajstić information content (AvgIpc) is 3.33. The van der Waals surface area contributed by atoms with Crippen LogP contribution in [0.25, 0.3) is 0 Å². The summed E-state index contributed by atoms with van der Waals surface area (Å²) in [4.78, 5) is 50.8. The molecule has 1 heterocycles. The lowest BCUT2D eigenvalue weighted by Crippen LogP contribution is -2.61. The van der Waals surface area contributed by atoms with Crippen LogP contribution in [0.4, 0.5) is 0 Å². The number of esters is 3. The number of carbonyl (C=O) groups is 4. The molecule has 0 aromatic heterocycles. The third-order valence-corrected chi connectivity index (χ3v) is 11.4. The number of aliphatic carboxylic acids is 1. The van der Waals surface area contributed by atoms with Gasteiger partial charge in [0.1, 0.15) is 18.8 Å². The summed E-state index contributed by atoms with van der Waals surface area (Å²) >= 11 is 0. The number of hydrogen-bond donors (Lipinski definition) is 3. The highest BCUT2D eigenvalue weighted by Gasteiger charge is 2.50. The first-order chi connectivity index (χ1) is 33.6. The molecule has 0 aromatic carbocycles. The van der Waals surface area contributed by atoms with Gasteiger partial charge in [0.05, 0.1) is 6.61 Å². The lowest BCUT2D eigenvalue weighted by molar-refractivity contribution is -0.301. The summed E-state index contributed by atoms with van der Waals surface area (Å²) < 4.78 is 28.2. The third-order valence-electron chi connectivity index (χ3n) is 11.4. The highest BCUT2D eigenvalue weighted by Crippen LogP contribution is 2.26. The molecule has 0 bridgehead atoms. The van der Waals surface area contributed by atoms with E-state index in [4.69, 9.17) is 23.7 Å². The third kappa shape index (κ3) is 35.6. The summed E-state index contributed by atoms with van der Waals surface area (Å²) in [5, 5.41) is 31.3. The number of unbranched alkanes of at least 4 members (excludes halogenated alkanes) is 15. The maximum atomic E-state index is 13.1. The Kier molecular flexibility index (Phi) is 41.1. The van der Waals surface area contributed by atoms with Gasteiger partial charge in [0.15, 0.2) is 24.6 Å². The largest absolute Gasteiger partial charge is 0.479 e. The minimum atomic E-state index is -1.91. The number of rotatable bonds is 43. The zero-order chi connectivity index (χ0) is 50.4. The summed E-state index contributed by atoms with van der Waals surface area (Å²) in [6.45, 7) is 5.64. The van der Waals surface area contributed by atoms with Gasteiger partial charge in [-0.3, -0.25) is 14.4 Å². The molecule has 0 aromatic rings. The standard InChI is InChI=1S/C57H92O12/c1-4-7-10-13-16-19-22-24-25-27-29-31-34-37-40-43-49(58)65-46-48(67-50(59)44-41-38-35-33-30-26-23-20-17-14-11-8-5-2)47-66-57-55(53(62)52(61)54(69-57)56(63)64)68-51(60)45-42-39-36-32-28-21-18-15-12-9-6-3/h7-8,10-11,15-20,24-26,30,48,52-55,57,61-62H,4-6,9,12-14,21-23,27-29,31-47H2,1-3H3,(H,63,64)/b10-7-,11-8-,18-15-,19-16-,20-17-,25-24-,30-26-. The van der Waals surface area contributed by atoms with E-state index < -0.39 is 67.3 Å². The minimum Gasteiger partial charge on any atom is -0.479 e. The van der Waals surface area contributed by atoms with E-state index in [0.29, 0.717) is 19.3 Å². The van der Waals surface area contributed by atoms with Gasteiger partial charge in [-0.25, -0.2) is 4.79 Å². The molecule has 0 aliphatic carbocycles. The van der Waals surface area contributed by atoms with Crippen LogP contribution in [0.2, 0.25) is 0 Å². The lowest BCUT2D eigenvalue weighted by atomic mass is 9.98. The summed E-state index contributed by atoms with van der Waals surface area (Å²) in [6, 6.07) is 0. The molecular weight excluding hydrogens is 877 g/mol. The van der Waals surface area contributed by atoms with Crippen LogP contribution in [-0.2, 0) is 42.9 Å². The van der Waals surface area contributed by atoms with E-state index in [1.54, 1.807) is 0 Å². The number of carboxylic acids is 1. The molecule has 392 valence electrons. The van der Waals surface area contributed by atoms with Gasteiger partial charge in [-0.1, -0.05) is 164 Å². The van der Waals surface area contributed by atoms with Crippen molar-refractivity contribution < 1.29 is 58.2 Å². The van der Waals surface area contributed by atoms with Gasteiger partial charge in [0.25, 0.3) is 0 Å². The van der Waals surface area contributed by atoms with Crippen molar-refractivity contribution in [1.82, 2.24) is 0 Å². The van der Waals surface area contributed by atoms with Crippen molar-refractivity contribution in [2.45, 2.75) is 237 Å². The maximum Gasteiger partial charge on any atom is 0.335 e. The van der Waals surface area contributed by atoms with Crippen LogP contribution in [0.5, 0.6) is 0 Å². The molecule has 0 spiro atoms. The summed E-state index contributed by atoms with van der Waals surface area (Å²) in [6.07, 6.45) is 44.3. The number of aliphatic hydroxyl groups is 2. The van der Waals surface area contributed by atoms with Crippen LogP contribution in [0.15, 0.2) is 85.1 Å². The quantitative estimate of drug-likeness (QED) is 0.0229. The molecule has 0 amide bonds. The molecule has 1 fully saturated rings. The number of allylic oxidation sites excluding steroid dienone is 14. The molecule has 3 N–H and O–H groups in total. The predicted octanol–water partition coefficient (Wildman–Crippen LogP) is 12.8. The Morgan fingerprint density at radius 1 is 0.493 bits per heavy atom. The fraction of sp³-hybridized carbons (Fsp3) is 0.684. The van der Waals surface area contributed by atoms with E-state index in [-0.39, 0.29) is 25.9 Å².